The Kier molecular flexibility index (Phi) is 7.64. The van der Waals surface area contributed by atoms with Crippen LogP contribution in [0.4, 0.5) is 4.79 Å². The molecule has 0 bridgehead atoms. The number of rotatable bonds is 8. The van der Waals surface area contributed by atoms with E-state index in [9.17, 15) is 19.2 Å². The highest BCUT2D eigenvalue weighted by Crippen LogP contribution is 2.45. The van der Waals surface area contributed by atoms with Gasteiger partial charge in [-0.05, 0) is 30.2 Å². The number of hydrogen-bond donors (Lipinski definition) is 1. The molecule has 0 aromatic heterocycles. The molecule has 2 unspecified atom stereocenters. The van der Waals surface area contributed by atoms with Crippen molar-refractivity contribution in [3.8, 4) is 5.75 Å². The smallest absolute Gasteiger partial charge is 0.448 e. The molecule has 1 fully saturated rings. The van der Waals surface area contributed by atoms with Crippen LogP contribution in [0.2, 0.25) is 0 Å². The number of β-lactam (4-membered cyclic amide) rings is 1. The lowest BCUT2D eigenvalue weighted by molar-refractivity contribution is -0.154. The summed E-state index contributed by atoms with van der Waals surface area (Å²) in [6.07, 6.45) is -1.42. The van der Waals surface area contributed by atoms with Crippen molar-refractivity contribution in [3.63, 3.8) is 0 Å². The van der Waals surface area contributed by atoms with Gasteiger partial charge >= 0.3 is 12.1 Å². The number of nitrogens with one attached hydrogen (secondary N) is 1. The maximum Gasteiger partial charge on any atom is 0.519 e. The van der Waals surface area contributed by atoms with Crippen LogP contribution in [0, 0.1) is 0 Å². The van der Waals surface area contributed by atoms with E-state index < -0.39 is 40.8 Å². The number of hydrogen-bond acceptors (Lipinski definition) is 8. The SMILES string of the molecule is CC1S[C@@H]2C(NC=O)C(=O)N2C(C(=O)OC(c2ccccc2)c2ccccc2)=C1OC(=O)Oc1ccccc1. The quantitative estimate of drug-likeness (QED) is 0.195. The molecule has 2 amide bonds. The topological polar surface area (TPSA) is 111 Å². The Labute approximate surface area is 228 Å². The third kappa shape index (κ3) is 5.37. The first-order valence-electron chi connectivity index (χ1n) is 12.2. The Balaban J connectivity index is 1.50. The van der Waals surface area contributed by atoms with Gasteiger partial charge in [0.1, 0.15) is 17.2 Å². The van der Waals surface area contributed by atoms with Crippen LogP contribution in [0.3, 0.4) is 0 Å². The highest BCUT2D eigenvalue weighted by atomic mass is 32.2. The van der Waals surface area contributed by atoms with E-state index in [2.05, 4.69) is 5.32 Å². The summed E-state index contributed by atoms with van der Waals surface area (Å²) in [5.41, 5.74) is 1.23. The van der Waals surface area contributed by atoms with E-state index in [1.807, 2.05) is 60.7 Å². The molecular weight excluding hydrogens is 520 g/mol. The molecule has 0 radical (unpaired) electrons. The van der Waals surface area contributed by atoms with Crippen molar-refractivity contribution in [1.82, 2.24) is 10.2 Å². The summed E-state index contributed by atoms with van der Waals surface area (Å²) in [5.74, 6) is -1.19. The fourth-order valence-corrected chi connectivity index (χ4v) is 5.81. The van der Waals surface area contributed by atoms with Crippen LogP contribution >= 0.6 is 11.8 Å². The molecule has 0 saturated carbocycles. The molecule has 1 N–H and O–H groups in total. The Morgan fingerprint density at radius 2 is 1.46 bits per heavy atom. The van der Waals surface area contributed by atoms with Gasteiger partial charge in [-0.1, -0.05) is 78.9 Å². The molecule has 5 rings (SSSR count). The zero-order valence-corrected chi connectivity index (χ0v) is 21.6. The van der Waals surface area contributed by atoms with Crippen molar-refractivity contribution in [3.05, 3.63) is 114 Å². The van der Waals surface area contributed by atoms with E-state index in [-0.39, 0.29) is 17.2 Å². The molecule has 3 aromatic rings. The van der Waals surface area contributed by atoms with Gasteiger partial charge in [0.25, 0.3) is 5.91 Å². The molecule has 0 spiro atoms. The molecule has 2 heterocycles. The van der Waals surface area contributed by atoms with Crippen LogP contribution in [0.15, 0.2) is 102 Å². The van der Waals surface area contributed by atoms with Gasteiger partial charge in [0.05, 0.1) is 5.25 Å². The van der Waals surface area contributed by atoms with Crippen LogP contribution in [0.5, 0.6) is 5.75 Å². The Morgan fingerprint density at radius 1 is 0.897 bits per heavy atom. The normalized spacial score (nSPS) is 20.0. The largest absolute Gasteiger partial charge is 0.519 e. The predicted octanol–water partition coefficient (Wildman–Crippen LogP) is 4.16. The summed E-state index contributed by atoms with van der Waals surface area (Å²) in [4.78, 5) is 51.9. The van der Waals surface area contributed by atoms with E-state index >= 15 is 0 Å². The first kappa shape index (κ1) is 26.1. The third-order valence-corrected chi connectivity index (χ3v) is 7.62. The monoisotopic (exact) mass is 544 g/mol. The summed E-state index contributed by atoms with van der Waals surface area (Å²) >= 11 is 1.26. The fraction of sp³-hybridized carbons (Fsp3) is 0.172. The van der Waals surface area contributed by atoms with Gasteiger partial charge in [-0.2, -0.15) is 0 Å². The number of carbonyl (C=O) groups is 4. The van der Waals surface area contributed by atoms with Crippen LogP contribution in [0.1, 0.15) is 24.2 Å². The Morgan fingerprint density at radius 3 is 2.03 bits per heavy atom. The summed E-state index contributed by atoms with van der Waals surface area (Å²) in [6.45, 7) is 1.73. The standard InChI is InChI=1S/C29H24N2O7S/c1-18-24(38-29(35)36-21-15-9-4-10-16-21)23(31-26(33)22(30-17-32)27(31)39-18)28(34)37-25(19-11-5-2-6-12-19)20-13-7-3-8-14-20/h2-18,22,25,27H,1H3,(H,30,32)/t18?,22?,27-/m1/s1. The number of para-hydroxylation sites is 1. The minimum absolute atomic E-state index is 0.0695. The lowest BCUT2D eigenvalue weighted by atomic mass is 10.0. The van der Waals surface area contributed by atoms with Gasteiger partial charge in [-0.15, -0.1) is 11.8 Å². The van der Waals surface area contributed by atoms with E-state index in [1.165, 1.54) is 16.7 Å². The molecule has 10 heteroatoms. The highest BCUT2D eigenvalue weighted by Gasteiger charge is 2.56. The number of nitrogens with zero attached hydrogens (tertiary/aromatic N) is 1. The van der Waals surface area contributed by atoms with Gasteiger partial charge in [0, 0.05) is 0 Å². The second-order valence-corrected chi connectivity index (χ2v) is 10.2. The average molecular weight is 545 g/mol. The molecule has 2 aliphatic rings. The van der Waals surface area contributed by atoms with Crippen LogP contribution in [-0.2, 0) is 23.9 Å². The van der Waals surface area contributed by atoms with Gasteiger partial charge < -0.3 is 19.5 Å². The lowest BCUT2D eigenvalue weighted by Gasteiger charge is -2.50. The van der Waals surface area contributed by atoms with Gasteiger partial charge in [-0.25, -0.2) is 9.59 Å². The summed E-state index contributed by atoms with van der Waals surface area (Å²) in [5, 5.41) is 1.36. The number of carbonyl (C=O) groups excluding carboxylic acids is 4. The number of esters is 1. The van der Waals surface area contributed by atoms with Crippen molar-refractivity contribution in [1.29, 1.82) is 0 Å². The molecule has 1 saturated heterocycles. The zero-order chi connectivity index (χ0) is 27.4. The zero-order valence-electron chi connectivity index (χ0n) is 20.8. The average Bonchev–Trinajstić information content (AvgIpc) is 2.96. The van der Waals surface area contributed by atoms with E-state index in [1.54, 1.807) is 37.3 Å². The maximum atomic E-state index is 13.8. The van der Waals surface area contributed by atoms with Gasteiger partial charge in [-0.3, -0.25) is 14.5 Å². The van der Waals surface area contributed by atoms with Gasteiger partial charge in [0.2, 0.25) is 6.41 Å². The van der Waals surface area contributed by atoms with Gasteiger partial charge in [0.15, 0.2) is 17.6 Å². The molecule has 198 valence electrons. The summed E-state index contributed by atoms with van der Waals surface area (Å²) in [6, 6.07) is 25.8. The number of fused-ring (bicyclic) bond motifs is 1. The van der Waals surface area contributed by atoms with E-state index in [0.29, 0.717) is 17.5 Å². The van der Waals surface area contributed by atoms with Crippen molar-refractivity contribution < 1.29 is 33.4 Å². The molecule has 3 atom stereocenters. The maximum absolute atomic E-state index is 13.8. The lowest BCUT2D eigenvalue weighted by Crippen LogP contribution is -2.70. The second-order valence-electron chi connectivity index (χ2n) is 8.73. The molecule has 0 aliphatic carbocycles. The minimum Gasteiger partial charge on any atom is -0.448 e. The van der Waals surface area contributed by atoms with Crippen molar-refractivity contribution in [2.75, 3.05) is 0 Å². The van der Waals surface area contributed by atoms with Crippen LogP contribution in [-0.4, -0.2) is 46.0 Å². The van der Waals surface area contributed by atoms with Crippen molar-refractivity contribution in [2.24, 2.45) is 0 Å². The Hall–Kier alpha value is -4.57. The highest BCUT2D eigenvalue weighted by molar-refractivity contribution is 8.00. The number of benzene rings is 3. The Bertz CT molecular complexity index is 1360. The van der Waals surface area contributed by atoms with E-state index in [0.717, 1.165) is 0 Å². The number of amides is 2. The molecule has 39 heavy (non-hydrogen) atoms. The number of ether oxygens (including phenoxy) is 3. The molecular formula is C29H24N2O7S. The van der Waals surface area contributed by atoms with Crippen LogP contribution < -0.4 is 10.1 Å². The van der Waals surface area contributed by atoms with E-state index in [4.69, 9.17) is 14.2 Å². The number of thioether (sulfide) groups is 1. The summed E-state index contributed by atoms with van der Waals surface area (Å²) in [7, 11) is 0. The second kappa shape index (κ2) is 11.4. The minimum atomic E-state index is -1.06. The molecule has 2 aliphatic heterocycles. The third-order valence-electron chi connectivity index (χ3n) is 6.24. The predicted molar refractivity (Wildman–Crippen MR) is 142 cm³/mol. The molecule has 9 nitrogen and oxygen atoms in total. The molecule has 3 aromatic carbocycles. The van der Waals surface area contributed by atoms with Crippen LogP contribution in [0.25, 0.3) is 0 Å². The first-order chi connectivity index (χ1) is 19.0. The first-order valence-corrected chi connectivity index (χ1v) is 13.1. The van der Waals surface area contributed by atoms with Crippen molar-refractivity contribution in [2.45, 2.75) is 29.7 Å². The summed E-state index contributed by atoms with van der Waals surface area (Å²) < 4.78 is 16.8. The van der Waals surface area contributed by atoms with Crippen molar-refractivity contribution >= 4 is 36.2 Å². The fourth-order valence-electron chi connectivity index (χ4n) is 4.42.